The molecule has 1 amide bonds. The highest BCUT2D eigenvalue weighted by molar-refractivity contribution is 9.10. The fourth-order valence-corrected chi connectivity index (χ4v) is 2.49. The third kappa shape index (κ3) is 5.03. The van der Waals surface area contributed by atoms with Gasteiger partial charge in [0.05, 0.1) is 21.3 Å². The molecule has 0 bridgehead atoms. The highest BCUT2D eigenvalue weighted by atomic mass is 79.9. The lowest BCUT2D eigenvalue weighted by Gasteiger charge is -2.16. The van der Waals surface area contributed by atoms with Crippen LogP contribution in [-0.4, -0.2) is 33.8 Å². The summed E-state index contributed by atoms with van der Waals surface area (Å²) >= 11 is 3.35. The summed E-state index contributed by atoms with van der Waals surface area (Å²) in [5.41, 5.74) is 0.775. The molecule has 0 aliphatic heterocycles. The molecule has 2 aromatic carbocycles. The van der Waals surface area contributed by atoms with Crippen molar-refractivity contribution in [2.24, 2.45) is 0 Å². The number of nitrogens with one attached hydrogen (secondary N) is 1. The smallest absolute Gasteiger partial charge is 0.258 e. The van der Waals surface area contributed by atoms with Gasteiger partial charge in [-0.1, -0.05) is 15.9 Å². The topological polar surface area (TPSA) is 66.0 Å². The molecule has 0 saturated heterocycles. The van der Waals surface area contributed by atoms with E-state index in [9.17, 15) is 4.79 Å². The fraction of sp³-hybridized carbons (Fsp3) is 0.278. The third-order valence-corrected chi connectivity index (χ3v) is 3.97. The van der Waals surface area contributed by atoms with Gasteiger partial charge in [-0.15, -0.1) is 0 Å². The van der Waals surface area contributed by atoms with Crippen molar-refractivity contribution in [1.82, 2.24) is 5.32 Å². The average Bonchev–Trinajstić information content (AvgIpc) is 2.64. The molecule has 0 aliphatic carbocycles. The van der Waals surface area contributed by atoms with Gasteiger partial charge in [0.1, 0.15) is 5.75 Å². The molecule has 0 spiro atoms. The van der Waals surface area contributed by atoms with E-state index in [2.05, 4.69) is 21.2 Å². The van der Waals surface area contributed by atoms with Crippen molar-refractivity contribution in [2.45, 2.75) is 6.54 Å². The monoisotopic (exact) mass is 409 g/mol. The first-order valence-electron chi connectivity index (χ1n) is 7.52. The Morgan fingerprint density at radius 2 is 1.64 bits per heavy atom. The fourth-order valence-electron chi connectivity index (χ4n) is 2.23. The highest BCUT2D eigenvalue weighted by Gasteiger charge is 2.16. The molecule has 25 heavy (non-hydrogen) atoms. The lowest BCUT2D eigenvalue weighted by atomic mass is 10.1. The highest BCUT2D eigenvalue weighted by Crippen LogP contribution is 2.39. The van der Waals surface area contributed by atoms with Gasteiger partial charge in [0.2, 0.25) is 5.75 Å². The molecule has 0 atom stereocenters. The van der Waals surface area contributed by atoms with Gasteiger partial charge in [-0.05, 0) is 36.4 Å². The summed E-state index contributed by atoms with van der Waals surface area (Å²) in [5, 5.41) is 2.79. The number of carbonyl (C=O) groups is 1. The van der Waals surface area contributed by atoms with E-state index < -0.39 is 0 Å². The molecule has 0 aromatic heterocycles. The predicted molar refractivity (Wildman–Crippen MR) is 97.6 cm³/mol. The van der Waals surface area contributed by atoms with Gasteiger partial charge in [-0.3, -0.25) is 4.79 Å². The Labute approximate surface area is 155 Å². The van der Waals surface area contributed by atoms with E-state index in [1.165, 1.54) is 7.11 Å². The summed E-state index contributed by atoms with van der Waals surface area (Å²) in [5.74, 6) is 1.97. The Hall–Kier alpha value is -2.41. The van der Waals surface area contributed by atoms with Crippen molar-refractivity contribution in [3.8, 4) is 23.0 Å². The molecule has 6 nitrogen and oxygen atoms in total. The Kier molecular flexibility index (Phi) is 6.94. The van der Waals surface area contributed by atoms with Crippen LogP contribution >= 0.6 is 15.9 Å². The number of benzene rings is 2. The number of ether oxygens (including phenoxy) is 4. The summed E-state index contributed by atoms with van der Waals surface area (Å²) in [6.07, 6.45) is 0. The summed E-state index contributed by atoms with van der Waals surface area (Å²) < 4.78 is 22.3. The Balaban J connectivity index is 1.96. The molecule has 0 radical (unpaired) electrons. The zero-order chi connectivity index (χ0) is 18.2. The van der Waals surface area contributed by atoms with E-state index in [0.717, 1.165) is 10.0 Å². The Morgan fingerprint density at radius 1 is 0.960 bits per heavy atom. The van der Waals surface area contributed by atoms with Crippen LogP contribution in [0, 0.1) is 0 Å². The minimum Gasteiger partial charge on any atom is -0.493 e. The number of methoxy groups -OCH3 is 3. The zero-order valence-electron chi connectivity index (χ0n) is 14.3. The van der Waals surface area contributed by atoms with E-state index >= 15 is 0 Å². The first kappa shape index (κ1) is 18.9. The first-order chi connectivity index (χ1) is 12.1. The van der Waals surface area contributed by atoms with Crippen molar-refractivity contribution in [3.05, 3.63) is 46.4 Å². The van der Waals surface area contributed by atoms with E-state index in [4.69, 9.17) is 18.9 Å². The lowest BCUT2D eigenvalue weighted by molar-refractivity contribution is -0.123. The minimum absolute atomic E-state index is 0.0722. The van der Waals surface area contributed by atoms with Crippen LogP contribution in [0.15, 0.2) is 40.9 Å². The molecule has 134 valence electrons. The SMILES string of the molecule is COc1ccc(CNC(=O)COc2ccc(Br)cc2)c(OC)c1OC. The third-order valence-electron chi connectivity index (χ3n) is 3.45. The summed E-state index contributed by atoms with van der Waals surface area (Å²) in [6, 6.07) is 10.9. The quantitative estimate of drug-likeness (QED) is 0.725. The predicted octanol–water partition coefficient (Wildman–Crippen LogP) is 3.17. The first-order valence-corrected chi connectivity index (χ1v) is 8.31. The summed E-state index contributed by atoms with van der Waals surface area (Å²) in [4.78, 5) is 12.0. The number of rotatable bonds is 8. The number of halogens is 1. The molecule has 2 rings (SSSR count). The molecule has 0 fully saturated rings. The van der Waals surface area contributed by atoms with Crippen molar-refractivity contribution < 1.29 is 23.7 Å². The van der Waals surface area contributed by atoms with E-state index in [0.29, 0.717) is 23.0 Å². The summed E-state index contributed by atoms with van der Waals surface area (Å²) in [7, 11) is 4.63. The molecular formula is C18H20BrNO5. The molecule has 7 heteroatoms. The molecule has 1 N–H and O–H groups in total. The second-order valence-corrected chi connectivity index (χ2v) is 5.93. The van der Waals surface area contributed by atoms with E-state index in [-0.39, 0.29) is 19.1 Å². The van der Waals surface area contributed by atoms with Crippen LogP contribution < -0.4 is 24.3 Å². The van der Waals surface area contributed by atoms with E-state index in [1.54, 1.807) is 32.4 Å². The lowest BCUT2D eigenvalue weighted by Crippen LogP contribution is -2.28. The maximum absolute atomic E-state index is 12.0. The largest absolute Gasteiger partial charge is 0.493 e. The molecule has 0 aliphatic rings. The van der Waals surface area contributed by atoms with Gasteiger partial charge in [0.25, 0.3) is 5.91 Å². The zero-order valence-corrected chi connectivity index (χ0v) is 15.9. The van der Waals surface area contributed by atoms with Crippen LogP contribution in [0.3, 0.4) is 0 Å². The van der Waals surface area contributed by atoms with Gasteiger partial charge < -0.3 is 24.3 Å². The number of carbonyl (C=O) groups excluding carboxylic acids is 1. The van der Waals surface area contributed by atoms with Crippen LogP contribution in [0.4, 0.5) is 0 Å². The Morgan fingerprint density at radius 3 is 2.24 bits per heavy atom. The van der Waals surface area contributed by atoms with Gasteiger partial charge in [0, 0.05) is 16.6 Å². The number of hydrogen-bond donors (Lipinski definition) is 1. The molecule has 0 unspecified atom stereocenters. The average molecular weight is 410 g/mol. The summed E-state index contributed by atoms with van der Waals surface area (Å²) in [6.45, 7) is 0.212. The minimum atomic E-state index is -0.236. The van der Waals surface area contributed by atoms with Gasteiger partial charge in [0.15, 0.2) is 18.1 Å². The second kappa shape index (κ2) is 9.17. The molecular weight excluding hydrogens is 390 g/mol. The van der Waals surface area contributed by atoms with Crippen LogP contribution in [0.1, 0.15) is 5.56 Å². The maximum atomic E-state index is 12.0. The normalized spacial score (nSPS) is 10.1. The Bertz CT molecular complexity index is 718. The van der Waals surface area contributed by atoms with Crippen molar-refractivity contribution >= 4 is 21.8 Å². The molecule has 0 heterocycles. The van der Waals surface area contributed by atoms with Crippen molar-refractivity contribution in [2.75, 3.05) is 27.9 Å². The van der Waals surface area contributed by atoms with Crippen LogP contribution in [0.5, 0.6) is 23.0 Å². The van der Waals surface area contributed by atoms with Gasteiger partial charge in [-0.2, -0.15) is 0 Å². The van der Waals surface area contributed by atoms with E-state index in [1.807, 2.05) is 18.2 Å². The van der Waals surface area contributed by atoms with Crippen molar-refractivity contribution in [3.63, 3.8) is 0 Å². The molecule has 2 aromatic rings. The van der Waals surface area contributed by atoms with Crippen LogP contribution in [0.2, 0.25) is 0 Å². The molecule has 0 saturated carbocycles. The standard InChI is InChI=1S/C18H20BrNO5/c1-22-15-9-4-12(17(23-2)18(15)24-3)10-20-16(21)11-25-14-7-5-13(19)6-8-14/h4-9H,10-11H2,1-3H3,(H,20,21). The second-order valence-electron chi connectivity index (χ2n) is 5.01. The van der Waals surface area contributed by atoms with Crippen LogP contribution in [-0.2, 0) is 11.3 Å². The van der Waals surface area contributed by atoms with Crippen molar-refractivity contribution in [1.29, 1.82) is 0 Å². The van der Waals surface area contributed by atoms with Crippen LogP contribution in [0.25, 0.3) is 0 Å². The van der Waals surface area contributed by atoms with Gasteiger partial charge >= 0.3 is 0 Å². The number of amides is 1. The maximum Gasteiger partial charge on any atom is 0.258 e. The van der Waals surface area contributed by atoms with Gasteiger partial charge in [-0.25, -0.2) is 0 Å². The number of hydrogen-bond acceptors (Lipinski definition) is 5.